The Bertz CT molecular complexity index is 1390. The van der Waals surface area contributed by atoms with Crippen molar-refractivity contribution in [3.8, 4) is 11.1 Å². The molecule has 1 fully saturated rings. The molecule has 0 bridgehead atoms. The molecule has 0 unspecified atom stereocenters. The van der Waals surface area contributed by atoms with Gasteiger partial charge in [0.05, 0.1) is 23.2 Å². The van der Waals surface area contributed by atoms with Gasteiger partial charge in [0, 0.05) is 50.2 Å². The number of aromatic amines is 1. The molecule has 0 aliphatic carbocycles. The summed E-state index contributed by atoms with van der Waals surface area (Å²) in [5.74, 6) is 1.52. The minimum atomic E-state index is -4.49. The first-order valence-corrected chi connectivity index (χ1v) is 12.0. The second-order valence-electron chi connectivity index (χ2n) is 9.26. The third kappa shape index (κ3) is 5.29. The number of pyridine rings is 2. The Morgan fingerprint density at radius 2 is 1.86 bits per heavy atom. The zero-order valence-electron chi connectivity index (χ0n) is 20.7. The lowest BCUT2D eigenvalue weighted by atomic mass is 10.1. The van der Waals surface area contributed by atoms with Crippen molar-refractivity contribution >= 4 is 28.5 Å². The number of fused-ring (bicyclic) bond motifs is 1. The average molecular weight is 512 g/mol. The maximum atomic E-state index is 13.8. The molecule has 0 spiro atoms. The molecule has 0 saturated carbocycles. The van der Waals surface area contributed by atoms with E-state index in [9.17, 15) is 13.2 Å². The van der Waals surface area contributed by atoms with Crippen LogP contribution in [0.2, 0.25) is 0 Å². The van der Waals surface area contributed by atoms with Crippen LogP contribution in [0.4, 0.5) is 30.6 Å². The third-order valence-corrected chi connectivity index (χ3v) is 6.31. The monoisotopic (exact) mass is 511 g/mol. The van der Waals surface area contributed by atoms with Crippen LogP contribution >= 0.6 is 0 Å². The van der Waals surface area contributed by atoms with Crippen LogP contribution in [-0.2, 0) is 12.7 Å². The molecule has 194 valence electrons. The fourth-order valence-corrected chi connectivity index (χ4v) is 4.74. The molecular weight excluding hydrogens is 483 g/mol. The number of alkyl halides is 3. The van der Waals surface area contributed by atoms with Crippen molar-refractivity contribution in [2.75, 3.05) is 35.7 Å². The molecule has 0 radical (unpaired) electrons. The lowest BCUT2D eigenvalue weighted by molar-refractivity contribution is -0.137. The van der Waals surface area contributed by atoms with Gasteiger partial charge in [-0.05, 0) is 43.7 Å². The van der Waals surface area contributed by atoms with Gasteiger partial charge in [-0.25, -0.2) is 19.9 Å². The molecule has 5 heterocycles. The zero-order valence-corrected chi connectivity index (χ0v) is 20.7. The molecule has 4 N–H and O–H groups in total. The molecular formula is C25H28F3N9. The summed E-state index contributed by atoms with van der Waals surface area (Å²) in [5.41, 5.74) is 1.90. The topological polar surface area (TPSA) is 107 Å². The standard InChI is InChI=1S/C25H28F3N9/c1-14-11-37(12-15(2)35-14)21-8-17(25(26,27)28)7-18(36-21)9-31-23-22-19(10-32-24(22)34-13-33-23)16-4-5-30-20(6-16)29-3/h4-8,10,13-15,35H,9,11-12H2,1-3H3,(H,29,30)(H2,31,32,33,34)/t14-,15+. The minimum Gasteiger partial charge on any atom is -0.373 e. The Balaban J connectivity index is 1.48. The highest BCUT2D eigenvalue weighted by Crippen LogP contribution is 2.34. The molecule has 37 heavy (non-hydrogen) atoms. The number of aromatic nitrogens is 5. The van der Waals surface area contributed by atoms with Crippen LogP contribution in [-0.4, -0.2) is 57.1 Å². The Labute approximate surface area is 211 Å². The van der Waals surface area contributed by atoms with E-state index in [1.165, 1.54) is 6.33 Å². The summed E-state index contributed by atoms with van der Waals surface area (Å²) in [6, 6.07) is 6.26. The van der Waals surface area contributed by atoms with Crippen molar-refractivity contribution < 1.29 is 13.2 Å². The smallest absolute Gasteiger partial charge is 0.373 e. The van der Waals surface area contributed by atoms with Crippen LogP contribution < -0.4 is 20.9 Å². The SMILES string of the molecule is CNc1cc(-c2c[nH]c3ncnc(NCc4cc(C(F)(F)F)cc(N5C[C@@H](C)N[C@@H](C)C5)n4)c23)ccn1. The number of piperazine rings is 1. The van der Waals surface area contributed by atoms with E-state index in [4.69, 9.17) is 0 Å². The summed E-state index contributed by atoms with van der Waals surface area (Å²) < 4.78 is 41.4. The van der Waals surface area contributed by atoms with Crippen LogP contribution in [0.15, 0.2) is 43.0 Å². The van der Waals surface area contributed by atoms with E-state index in [0.29, 0.717) is 36.2 Å². The summed E-state index contributed by atoms with van der Waals surface area (Å²) in [5, 5.41) is 10.3. The molecule has 0 amide bonds. The number of anilines is 3. The van der Waals surface area contributed by atoms with E-state index in [-0.39, 0.29) is 24.3 Å². The number of hydrogen-bond acceptors (Lipinski definition) is 8. The lowest BCUT2D eigenvalue weighted by Crippen LogP contribution is -2.54. The summed E-state index contributed by atoms with van der Waals surface area (Å²) in [7, 11) is 1.79. The van der Waals surface area contributed by atoms with Crippen LogP contribution in [0.25, 0.3) is 22.2 Å². The second kappa shape index (κ2) is 9.85. The molecule has 4 aromatic rings. The summed E-state index contributed by atoms with van der Waals surface area (Å²) in [4.78, 5) is 22.6. The Kier molecular flexibility index (Phi) is 6.59. The molecule has 2 atom stereocenters. The minimum absolute atomic E-state index is 0.0585. The molecule has 12 heteroatoms. The van der Waals surface area contributed by atoms with E-state index in [0.717, 1.165) is 28.6 Å². The average Bonchev–Trinajstić information content (AvgIpc) is 3.31. The van der Waals surface area contributed by atoms with Gasteiger partial charge in [0.2, 0.25) is 0 Å². The van der Waals surface area contributed by atoms with Crippen molar-refractivity contribution in [1.29, 1.82) is 0 Å². The van der Waals surface area contributed by atoms with Gasteiger partial charge in [-0.3, -0.25) is 0 Å². The van der Waals surface area contributed by atoms with Crippen molar-refractivity contribution in [1.82, 2.24) is 30.2 Å². The van der Waals surface area contributed by atoms with E-state index in [1.807, 2.05) is 37.1 Å². The van der Waals surface area contributed by atoms with Gasteiger partial charge in [-0.15, -0.1) is 0 Å². The van der Waals surface area contributed by atoms with Crippen LogP contribution in [0, 0.1) is 0 Å². The highest BCUT2D eigenvalue weighted by Gasteiger charge is 2.33. The summed E-state index contributed by atoms with van der Waals surface area (Å²) >= 11 is 0. The number of halogens is 3. The van der Waals surface area contributed by atoms with Crippen LogP contribution in [0.5, 0.6) is 0 Å². The van der Waals surface area contributed by atoms with Gasteiger partial charge in [0.15, 0.2) is 0 Å². The quantitative estimate of drug-likeness (QED) is 0.304. The Hall–Kier alpha value is -3.93. The van der Waals surface area contributed by atoms with Crippen molar-refractivity contribution in [3.63, 3.8) is 0 Å². The summed E-state index contributed by atoms with van der Waals surface area (Å²) in [6.07, 6.45) is 0.445. The molecule has 4 aromatic heterocycles. The Morgan fingerprint density at radius 3 is 2.59 bits per heavy atom. The molecule has 1 aliphatic heterocycles. The van der Waals surface area contributed by atoms with E-state index in [1.54, 1.807) is 13.2 Å². The first-order chi connectivity index (χ1) is 17.7. The fraction of sp³-hybridized carbons (Fsp3) is 0.360. The number of H-pyrrole nitrogens is 1. The zero-order chi connectivity index (χ0) is 26.2. The van der Waals surface area contributed by atoms with Gasteiger partial charge in [-0.1, -0.05) is 0 Å². The van der Waals surface area contributed by atoms with Gasteiger partial charge in [0.25, 0.3) is 0 Å². The summed E-state index contributed by atoms with van der Waals surface area (Å²) in [6.45, 7) is 5.23. The highest BCUT2D eigenvalue weighted by molar-refractivity contribution is 6.01. The molecule has 9 nitrogen and oxygen atoms in total. The molecule has 1 saturated heterocycles. The van der Waals surface area contributed by atoms with Crippen molar-refractivity contribution in [3.05, 3.63) is 54.2 Å². The number of nitrogens with one attached hydrogen (secondary N) is 4. The van der Waals surface area contributed by atoms with Crippen LogP contribution in [0.1, 0.15) is 25.1 Å². The normalized spacial score (nSPS) is 18.3. The maximum absolute atomic E-state index is 13.8. The van der Waals surface area contributed by atoms with Gasteiger partial charge in [-0.2, -0.15) is 13.2 Å². The molecule has 0 aromatic carbocycles. The predicted octanol–water partition coefficient (Wildman–Crippen LogP) is 4.27. The van der Waals surface area contributed by atoms with E-state index >= 15 is 0 Å². The first-order valence-electron chi connectivity index (χ1n) is 12.0. The van der Waals surface area contributed by atoms with E-state index in [2.05, 4.69) is 40.9 Å². The predicted molar refractivity (Wildman–Crippen MR) is 138 cm³/mol. The molecule has 1 aliphatic rings. The van der Waals surface area contributed by atoms with Crippen molar-refractivity contribution in [2.45, 2.75) is 38.7 Å². The van der Waals surface area contributed by atoms with Gasteiger partial charge in [0.1, 0.15) is 29.4 Å². The number of hydrogen-bond donors (Lipinski definition) is 4. The van der Waals surface area contributed by atoms with Gasteiger partial charge >= 0.3 is 6.18 Å². The molecule has 5 rings (SSSR count). The highest BCUT2D eigenvalue weighted by atomic mass is 19.4. The largest absolute Gasteiger partial charge is 0.416 e. The Morgan fingerprint density at radius 1 is 1.08 bits per heavy atom. The first kappa shape index (κ1) is 24.8. The second-order valence-corrected chi connectivity index (χ2v) is 9.26. The van der Waals surface area contributed by atoms with Gasteiger partial charge < -0.3 is 25.8 Å². The lowest BCUT2D eigenvalue weighted by Gasteiger charge is -2.37. The van der Waals surface area contributed by atoms with Crippen molar-refractivity contribution in [2.24, 2.45) is 0 Å². The van der Waals surface area contributed by atoms with Crippen LogP contribution in [0.3, 0.4) is 0 Å². The third-order valence-electron chi connectivity index (χ3n) is 6.31. The van der Waals surface area contributed by atoms with E-state index < -0.39 is 11.7 Å². The fourth-order valence-electron chi connectivity index (χ4n) is 4.74. The maximum Gasteiger partial charge on any atom is 0.416 e. The number of rotatable bonds is 6. The number of nitrogens with zero attached hydrogens (tertiary/aromatic N) is 5.